The van der Waals surface area contributed by atoms with E-state index in [2.05, 4.69) is 54.7 Å². The Bertz CT molecular complexity index is 716. The molecular weight excluding hydrogens is 258 g/mol. The van der Waals surface area contributed by atoms with E-state index in [0.717, 1.165) is 11.4 Å². The van der Waals surface area contributed by atoms with Gasteiger partial charge in [0.2, 0.25) is 0 Å². The summed E-state index contributed by atoms with van der Waals surface area (Å²) in [5.41, 5.74) is 4.58. The van der Waals surface area contributed by atoms with Crippen molar-refractivity contribution in [1.29, 1.82) is 0 Å². The first-order valence-corrected chi connectivity index (χ1v) is 7.13. The Morgan fingerprint density at radius 3 is 2.52 bits per heavy atom. The number of para-hydroxylation sites is 1. The van der Waals surface area contributed by atoms with E-state index in [1.54, 1.807) is 0 Å². The SMILES string of the molecule is CNC(c1cccc(C)c1)c1ccn(-c2ccccc2)n1. The maximum absolute atomic E-state index is 4.71. The van der Waals surface area contributed by atoms with Crippen LogP contribution in [-0.2, 0) is 0 Å². The molecule has 106 valence electrons. The Morgan fingerprint density at radius 1 is 1.00 bits per heavy atom. The molecule has 1 heterocycles. The van der Waals surface area contributed by atoms with Gasteiger partial charge in [-0.15, -0.1) is 0 Å². The van der Waals surface area contributed by atoms with Crippen LogP contribution in [0.5, 0.6) is 0 Å². The van der Waals surface area contributed by atoms with Gasteiger partial charge < -0.3 is 5.32 Å². The molecule has 0 amide bonds. The highest BCUT2D eigenvalue weighted by Gasteiger charge is 2.15. The predicted molar refractivity (Wildman–Crippen MR) is 85.6 cm³/mol. The van der Waals surface area contributed by atoms with Crippen LogP contribution in [0.15, 0.2) is 66.9 Å². The van der Waals surface area contributed by atoms with Gasteiger partial charge in [-0.2, -0.15) is 5.10 Å². The van der Waals surface area contributed by atoms with Crippen molar-refractivity contribution in [3.8, 4) is 5.69 Å². The first-order chi connectivity index (χ1) is 10.3. The Hall–Kier alpha value is -2.39. The van der Waals surface area contributed by atoms with E-state index in [4.69, 9.17) is 5.10 Å². The highest BCUT2D eigenvalue weighted by atomic mass is 15.3. The average Bonchev–Trinajstić information content (AvgIpc) is 2.99. The summed E-state index contributed by atoms with van der Waals surface area (Å²) >= 11 is 0. The summed E-state index contributed by atoms with van der Waals surface area (Å²) in [6.07, 6.45) is 2.00. The average molecular weight is 277 g/mol. The van der Waals surface area contributed by atoms with Crippen molar-refractivity contribution in [2.75, 3.05) is 7.05 Å². The Kier molecular flexibility index (Phi) is 3.84. The number of hydrogen-bond donors (Lipinski definition) is 1. The fourth-order valence-corrected chi connectivity index (χ4v) is 2.55. The molecular formula is C18H19N3. The molecule has 1 unspecified atom stereocenters. The van der Waals surface area contributed by atoms with E-state index in [1.165, 1.54) is 11.1 Å². The molecule has 0 saturated carbocycles. The van der Waals surface area contributed by atoms with Crippen molar-refractivity contribution in [3.63, 3.8) is 0 Å². The fourth-order valence-electron chi connectivity index (χ4n) is 2.55. The Morgan fingerprint density at radius 2 is 1.81 bits per heavy atom. The monoisotopic (exact) mass is 277 g/mol. The minimum Gasteiger partial charge on any atom is -0.308 e. The van der Waals surface area contributed by atoms with E-state index >= 15 is 0 Å². The number of nitrogens with zero attached hydrogens (tertiary/aromatic N) is 2. The predicted octanol–water partition coefficient (Wildman–Crippen LogP) is 3.49. The van der Waals surface area contributed by atoms with Gasteiger partial charge in [0.05, 0.1) is 17.4 Å². The van der Waals surface area contributed by atoms with Gasteiger partial charge in [-0.3, -0.25) is 0 Å². The first kappa shape index (κ1) is 13.6. The summed E-state index contributed by atoms with van der Waals surface area (Å²) in [6, 6.07) is 20.9. The number of benzene rings is 2. The van der Waals surface area contributed by atoms with Crippen LogP contribution in [0.4, 0.5) is 0 Å². The van der Waals surface area contributed by atoms with Gasteiger partial charge in [0.1, 0.15) is 0 Å². The zero-order valence-corrected chi connectivity index (χ0v) is 12.3. The summed E-state index contributed by atoms with van der Waals surface area (Å²) in [7, 11) is 1.97. The molecule has 1 atom stereocenters. The molecule has 0 aliphatic heterocycles. The lowest BCUT2D eigenvalue weighted by Gasteiger charge is -2.15. The molecule has 3 heteroatoms. The van der Waals surface area contributed by atoms with E-state index in [0.29, 0.717) is 0 Å². The highest BCUT2D eigenvalue weighted by molar-refractivity contribution is 5.34. The maximum atomic E-state index is 4.71. The van der Waals surface area contributed by atoms with Crippen LogP contribution in [-0.4, -0.2) is 16.8 Å². The molecule has 3 rings (SSSR count). The van der Waals surface area contributed by atoms with Gasteiger partial charge in [0.15, 0.2) is 0 Å². The van der Waals surface area contributed by atoms with Crippen LogP contribution in [0.1, 0.15) is 22.9 Å². The van der Waals surface area contributed by atoms with Crippen molar-refractivity contribution < 1.29 is 0 Å². The van der Waals surface area contributed by atoms with Gasteiger partial charge in [-0.25, -0.2) is 4.68 Å². The third-order valence-electron chi connectivity index (χ3n) is 3.59. The van der Waals surface area contributed by atoms with Gasteiger partial charge >= 0.3 is 0 Å². The molecule has 1 N–H and O–H groups in total. The number of hydrogen-bond acceptors (Lipinski definition) is 2. The molecule has 1 aromatic heterocycles. The molecule has 0 fully saturated rings. The molecule has 2 aromatic carbocycles. The molecule has 0 saturated heterocycles. The normalized spacial score (nSPS) is 12.3. The van der Waals surface area contributed by atoms with Crippen molar-refractivity contribution >= 4 is 0 Å². The summed E-state index contributed by atoms with van der Waals surface area (Å²) in [5.74, 6) is 0. The lowest BCUT2D eigenvalue weighted by atomic mass is 10.0. The summed E-state index contributed by atoms with van der Waals surface area (Å²) in [6.45, 7) is 2.11. The second kappa shape index (κ2) is 5.94. The molecule has 0 radical (unpaired) electrons. The topological polar surface area (TPSA) is 29.9 Å². The molecule has 3 aromatic rings. The van der Waals surface area contributed by atoms with Crippen molar-refractivity contribution in [2.24, 2.45) is 0 Å². The standard InChI is InChI=1S/C18H19N3/c1-14-7-6-8-15(13-14)18(19-2)17-11-12-21(20-17)16-9-4-3-5-10-16/h3-13,18-19H,1-2H3. The molecule has 0 aliphatic carbocycles. The molecule has 0 aliphatic rings. The Labute approximate surface area is 125 Å². The van der Waals surface area contributed by atoms with Crippen LogP contribution in [0.3, 0.4) is 0 Å². The lowest BCUT2D eigenvalue weighted by Crippen LogP contribution is -2.18. The third kappa shape index (κ3) is 2.88. The third-order valence-corrected chi connectivity index (χ3v) is 3.59. The number of aromatic nitrogens is 2. The van der Waals surface area contributed by atoms with Crippen molar-refractivity contribution in [3.05, 3.63) is 83.7 Å². The molecule has 3 nitrogen and oxygen atoms in total. The van der Waals surface area contributed by atoms with E-state index < -0.39 is 0 Å². The maximum Gasteiger partial charge on any atom is 0.0843 e. The minimum absolute atomic E-state index is 0.106. The minimum atomic E-state index is 0.106. The summed E-state index contributed by atoms with van der Waals surface area (Å²) in [4.78, 5) is 0. The molecule has 0 spiro atoms. The second-order valence-electron chi connectivity index (χ2n) is 5.16. The van der Waals surface area contributed by atoms with Gasteiger partial charge in [0.25, 0.3) is 0 Å². The van der Waals surface area contributed by atoms with Crippen LogP contribution in [0, 0.1) is 6.92 Å². The van der Waals surface area contributed by atoms with Crippen LogP contribution in [0.25, 0.3) is 5.69 Å². The van der Waals surface area contributed by atoms with Crippen molar-refractivity contribution in [1.82, 2.24) is 15.1 Å². The number of rotatable bonds is 4. The van der Waals surface area contributed by atoms with Crippen molar-refractivity contribution in [2.45, 2.75) is 13.0 Å². The van der Waals surface area contributed by atoms with Crippen LogP contribution in [0.2, 0.25) is 0 Å². The smallest absolute Gasteiger partial charge is 0.0843 e. The van der Waals surface area contributed by atoms with E-state index in [-0.39, 0.29) is 6.04 Å². The fraction of sp³-hybridized carbons (Fsp3) is 0.167. The largest absolute Gasteiger partial charge is 0.308 e. The highest BCUT2D eigenvalue weighted by Crippen LogP contribution is 2.21. The first-order valence-electron chi connectivity index (χ1n) is 7.13. The quantitative estimate of drug-likeness (QED) is 0.791. The lowest BCUT2D eigenvalue weighted by molar-refractivity contribution is 0.657. The van der Waals surface area contributed by atoms with Crippen LogP contribution < -0.4 is 5.32 Å². The van der Waals surface area contributed by atoms with Gasteiger partial charge in [0, 0.05) is 6.20 Å². The van der Waals surface area contributed by atoms with E-state index in [9.17, 15) is 0 Å². The van der Waals surface area contributed by atoms with Crippen LogP contribution >= 0.6 is 0 Å². The van der Waals surface area contributed by atoms with E-state index in [1.807, 2.05) is 36.1 Å². The number of aryl methyl sites for hydroxylation is 1. The Balaban J connectivity index is 1.94. The summed E-state index contributed by atoms with van der Waals surface area (Å²) in [5, 5.41) is 8.06. The second-order valence-corrected chi connectivity index (χ2v) is 5.16. The zero-order valence-electron chi connectivity index (χ0n) is 12.3. The van der Waals surface area contributed by atoms with Gasteiger partial charge in [-0.1, -0.05) is 48.0 Å². The zero-order chi connectivity index (χ0) is 14.7. The number of nitrogens with one attached hydrogen (secondary N) is 1. The van der Waals surface area contributed by atoms with Gasteiger partial charge in [-0.05, 0) is 37.7 Å². The molecule has 21 heavy (non-hydrogen) atoms. The molecule has 0 bridgehead atoms. The summed E-state index contributed by atoms with van der Waals surface area (Å²) < 4.78 is 1.91.